The van der Waals surface area contributed by atoms with Crippen molar-refractivity contribution in [1.29, 1.82) is 0 Å². The Bertz CT molecular complexity index is 1020. The number of esters is 1. The van der Waals surface area contributed by atoms with Gasteiger partial charge in [0.25, 0.3) is 10.0 Å². The fourth-order valence-electron chi connectivity index (χ4n) is 4.78. The van der Waals surface area contributed by atoms with Crippen LogP contribution >= 0.6 is 0 Å². The Morgan fingerprint density at radius 1 is 1.31 bits per heavy atom. The first kappa shape index (κ1) is 20.3. The highest BCUT2D eigenvalue weighted by Gasteiger charge is 2.70. The van der Waals surface area contributed by atoms with Crippen molar-refractivity contribution in [2.24, 2.45) is 5.92 Å². The summed E-state index contributed by atoms with van der Waals surface area (Å²) in [7, 11) is -4.29. The molecule has 1 aromatic heterocycles. The number of carbonyl (C=O) groups is 1. The zero-order valence-corrected chi connectivity index (χ0v) is 16.4. The summed E-state index contributed by atoms with van der Waals surface area (Å²) < 4.78 is 71.3. The van der Waals surface area contributed by atoms with Gasteiger partial charge in [-0.15, -0.1) is 0 Å². The van der Waals surface area contributed by atoms with E-state index in [4.69, 9.17) is 4.74 Å². The number of sulfonamides is 1. The first-order valence-electron chi connectivity index (χ1n) is 8.97. The Labute approximate surface area is 165 Å². The molecule has 1 saturated carbocycles. The van der Waals surface area contributed by atoms with Crippen molar-refractivity contribution in [3.8, 4) is 0 Å². The SMILES string of the molecule is C[C@]1(NS(=O)(=O)c2ccc(C(F)(F)F)cn2)C=C2C(=O)O[C@]3(C)CC[C@H](C1)[C@]23O. The fourth-order valence-corrected chi connectivity index (χ4v) is 6.07. The Morgan fingerprint density at radius 3 is 2.59 bits per heavy atom. The van der Waals surface area contributed by atoms with Gasteiger partial charge in [0.05, 0.1) is 11.1 Å². The van der Waals surface area contributed by atoms with E-state index in [1.54, 1.807) is 13.8 Å². The molecule has 29 heavy (non-hydrogen) atoms. The van der Waals surface area contributed by atoms with Crippen LogP contribution in [0.25, 0.3) is 0 Å². The molecule has 0 aromatic carbocycles. The monoisotopic (exact) mass is 432 g/mol. The number of alkyl halides is 3. The number of rotatable bonds is 3. The van der Waals surface area contributed by atoms with Gasteiger partial charge in [0.2, 0.25) is 0 Å². The number of hydrogen-bond donors (Lipinski definition) is 2. The van der Waals surface area contributed by atoms with Gasteiger partial charge in [-0.1, -0.05) is 6.08 Å². The van der Waals surface area contributed by atoms with Gasteiger partial charge in [-0.25, -0.2) is 22.9 Å². The fraction of sp³-hybridized carbons (Fsp3) is 0.556. The third-order valence-electron chi connectivity index (χ3n) is 6.16. The number of nitrogens with zero attached hydrogens (tertiary/aromatic N) is 1. The molecule has 2 N–H and O–H groups in total. The normalized spacial score (nSPS) is 36.6. The Hall–Kier alpha value is -1.98. The summed E-state index contributed by atoms with van der Waals surface area (Å²) in [6.45, 7) is 3.20. The highest BCUT2D eigenvalue weighted by molar-refractivity contribution is 7.89. The summed E-state index contributed by atoms with van der Waals surface area (Å²) in [5.74, 6) is -1.11. The Kier molecular flexibility index (Phi) is 4.06. The van der Waals surface area contributed by atoms with Crippen LogP contribution in [0.3, 0.4) is 0 Å². The number of aromatic nitrogens is 1. The second-order valence-electron chi connectivity index (χ2n) is 8.29. The van der Waals surface area contributed by atoms with Crippen LogP contribution in [0.5, 0.6) is 0 Å². The molecule has 4 atom stereocenters. The molecule has 2 aliphatic carbocycles. The van der Waals surface area contributed by atoms with E-state index in [-0.39, 0.29) is 12.0 Å². The van der Waals surface area contributed by atoms with Gasteiger partial charge < -0.3 is 9.84 Å². The lowest BCUT2D eigenvalue weighted by Gasteiger charge is -2.43. The van der Waals surface area contributed by atoms with E-state index in [0.29, 0.717) is 25.1 Å². The molecule has 1 saturated heterocycles. The third-order valence-corrected chi connectivity index (χ3v) is 7.68. The topological polar surface area (TPSA) is 106 Å². The average Bonchev–Trinajstić information content (AvgIpc) is 2.95. The molecule has 3 aliphatic rings. The highest BCUT2D eigenvalue weighted by Crippen LogP contribution is 2.59. The van der Waals surface area contributed by atoms with Crippen LogP contribution in [0.2, 0.25) is 0 Å². The molecule has 158 valence electrons. The summed E-state index contributed by atoms with van der Waals surface area (Å²) in [5.41, 5.74) is -4.83. The lowest BCUT2D eigenvalue weighted by Crippen LogP contribution is -2.57. The standard InChI is InChI=1S/C18H19F3N2O5S/c1-15(23-29(26,27)13-4-3-11(9-22-13)18(19,20)21)7-10-5-6-16(2)17(10,25)12(8-15)14(24)28-16/h3-4,8-10,23,25H,5-7H2,1-2H3/t10-,15-,16-,17+/m1/s1. The minimum absolute atomic E-state index is 0.0133. The number of carbonyl (C=O) groups excluding carboxylic acids is 1. The van der Waals surface area contributed by atoms with Gasteiger partial charge >= 0.3 is 12.1 Å². The summed E-state index contributed by atoms with van der Waals surface area (Å²) in [4.78, 5) is 15.8. The van der Waals surface area contributed by atoms with Gasteiger partial charge in [0.15, 0.2) is 5.03 Å². The van der Waals surface area contributed by atoms with E-state index in [1.165, 1.54) is 6.08 Å². The molecule has 7 nitrogen and oxygen atoms in total. The van der Waals surface area contributed by atoms with E-state index in [2.05, 4.69) is 9.71 Å². The average molecular weight is 432 g/mol. The van der Waals surface area contributed by atoms with Crippen molar-refractivity contribution in [2.75, 3.05) is 0 Å². The van der Waals surface area contributed by atoms with Gasteiger partial charge in [-0.05, 0) is 51.2 Å². The van der Waals surface area contributed by atoms with Crippen molar-refractivity contribution in [3.05, 3.63) is 35.5 Å². The summed E-state index contributed by atoms with van der Waals surface area (Å²) in [6.07, 6.45) is -1.66. The summed E-state index contributed by atoms with van der Waals surface area (Å²) >= 11 is 0. The van der Waals surface area contributed by atoms with E-state index >= 15 is 0 Å². The number of nitrogens with one attached hydrogen (secondary N) is 1. The van der Waals surface area contributed by atoms with E-state index in [0.717, 1.165) is 6.07 Å². The molecular formula is C18H19F3N2O5S. The summed E-state index contributed by atoms with van der Waals surface area (Å²) in [5, 5.41) is 10.6. The molecule has 0 bridgehead atoms. The largest absolute Gasteiger partial charge is 0.452 e. The number of hydrogen-bond acceptors (Lipinski definition) is 6. The molecule has 1 aliphatic heterocycles. The molecule has 0 spiro atoms. The van der Waals surface area contributed by atoms with Gasteiger partial charge in [0, 0.05) is 11.7 Å². The molecule has 2 fully saturated rings. The van der Waals surface area contributed by atoms with Gasteiger partial charge in [-0.2, -0.15) is 13.2 Å². The number of ether oxygens (including phenoxy) is 1. The van der Waals surface area contributed by atoms with Crippen molar-refractivity contribution in [1.82, 2.24) is 9.71 Å². The number of halogens is 3. The first-order valence-corrected chi connectivity index (χ1v) is 10.4. The minimum Gasteiger partial charge on any atom is -0.452 e. The second-order valence-corrected chi connectivity index (χ2v) is 9.92. The van der Waals surface area contributed by atoms with E-state index in [9.17, 15) is 31.5 Å². The predicted molar refractivity (Wildman–Crippen MR) is 92.8 cm³/mol. The lowest BCUT2D eigenvalue weighted by molar-refractivity contribution is -0.152. The third kappa shape index (κ3) is 2.89. The number of pyridine rings is 1. The molecule has 11 heteroatoms. The van der Waals surface area contributed by atoms with Crippen molar-refractivity contribution in [3.63, 3.8) is 0 Å². The van der Waals surface area contributed by atoms with Crippen LogP contribution in [-0.4, -0.2) is 41.2 Å². The first-order chi connectivity index (χ1) is 13.2. The van der Waals surface area contributed by atoms with Crippen LogP contribution in [0.15, 0.2) is 35.0 Å². The molecule has 0 amide bonds. The molecular weight excluding hydrogens is 413 g/mol. The van der Waals surface area contributed by atoms with Gasteiger partial charge in [0.1, 0.15) is 11.2 Å². The predicted octanol–water partition coefficient (Wildman–Crippen LogP) is 1.92. The van der Waals surface area contributed by atoms with E-state index in [1.807, 2.05) is 0 Å². The smallest absolute Gasteiger partial charge is 0.417 e. The molecule has 2 heterocycles. The number of aliphatic hydroxyl groups is 1. The quantitative estimate of drug-likeness (QED) is 0.707. The maximum absolute atomic E-state index is 12.7. The zero-order valence-electron chi connectivity index (χ0n) is 15.6. The van der Waals surface area contributed by atoms with Gasteiger partial charge in [-0.3, -0.25) is 0 Å². The van der Waals surface area contributed by atoms with Crippen LogP contribution in [0, 0.1) is 5.92 Å². The molecule has 1 aromatic rings. The molecule has 0 unspecified atom stereocenters. The second kappa shape index (κ2) is 5.79. The Balaban J connectivity index is 1.67. The minimum atomic E-state index is -4.63. The zero-order chi connectivity index (χ0) is 21.5. The van der Waals surface area contributed by atoms with Crippen LogP contribution in [-0.2, 0) is 25.7 Å². The maximum atomic E-state index is 12.7. The van der Waals surface area contributed by atoms with Crippen LogP contribution in [0.4, 0.5) is 13.2 Å². The van der Waals surface area contributed by atoms with Crippen LogP contribution < -0.4 is 4.72 Å². The maximum Gasteiger partial charge on any atom is 0.417 e. The lowest BCUT2D eigenvalue weighted by atomic mass is 9.68. The summed E-state index contributed by atoms with van der Waals surface area (Å²) in [6, 6.07) is 1.41. The van der Waals surface area contributed by atoms with Crippen molar-refractivity contribution < 1.29 is 36.2 Å². The van der Waals surface area contributed by atoms with Crippen molar-refractivity contribution in [2.45, 2.75) is 61.1 Å². The molecule has 0 radical (unpaired) electrons. The van der Waals surface area contributed by atoms with Crippen molar-refractivity contribution >= 4 is 16.0 Å². The van der Waals surface area contributed by atoms with Crippen LogP contribution in [0.1, 0.15) is 38.7 Å². The molecule has 4 rings (SSSR count). The Morgan fingerprint density at radius 2 is 2.00 bits per heavy atom. The van der Waals surface area contributed by atoms with E-state index < -0.39 is 55.4 Å². The highest BCUT2D eigenvalue weighted by atomic mass is 32.2.